The number of hydrogen-bond donors (Lipinski definition) is 2. The first-order valence-electron chi connectivity index (χ1n) is 8.63. The molecule has 158 valence electrons. The van der Waals surface area contributed by atoms with E-state index in [2.05, 4.69) is 10.3 Å². The number of nitrogens with zero attached hydrogens (tertiary/aromatic N) is 2. The smallest absolute Gasteiger partial charge is 0.435 e. The second-order valence-electron chi connectivity index (χ2n) is 6.62. The van der Waals surface area contributed by atoms with Crippen LogP contribution in [0.2, 0.25) is 10.0 Å². The first kappa shape index (κ1) is 20.9. The number of aromatic nitrogens is 2. The number of rotatable bonds is 2. The molecule has 0 atom stereocenters. The third-order valence-corrected chi connectivity index (χ3v) is 5.36. The third kappa shape index (κ3) is 3.40. The Balaban J connectivity index is 1.95. The molecule has 3 aromatic rings. The number of benzene rings is 2. The van der Waals surface area contributed by atoms with Crippen LogP contribution < -0.4 is 5.32 Å². The van der Waals surface area contributed by atoms with Gasteiger partial charge in [0.1, 0.15) is 23.2 Å². The van der Waals surface area contributed by atoms with E-state index in [0.29, 0.717) is 6.54 Å². The number of halogens is 7. The minimum Gasteiger partial charge on any atom is -0.506 e. The van der Waals surface area contributed by atoms with Crippen molar-refractivity contribution in [2.75, 3.05) is 6.54 Å². The Hall–Kier alpha value is -2.36. The van der Waals surface area contributed by atoms with Crippen LogP contribution in [0.15, 0.2) is 24.3 Å². The molecular formula is C19H12Cl2F5N3O. The molecule has 0 fully saturated rings. The Morgan fingerprint density at radius 3 is 2.43 bits per heavy atom. The Labute approximate surface area is 176 Å². The summed E-state index contributed by atoms with van der Waals surface area (Å²) >= 11 is 11.9. The van der Waals surface area contributed by atoms with Crippen molar-refractivity contribution in [3.63, 3.8) is 0 Å². The van der Waals surface area contributed by atoms with Gasteiger partial charge in [0.25, 0.3) is 0 Å². The second-order valence-corrected chi connectivity index (χ2v) is 7.43. The average molecular weight is 464 g/mol. The van der Waals surface area contributed by atoms with Crippen molar-refractivity contribution in [1.29, 1.82) is 0 Å². The van der Waals surface area contributed by atoms with Gasteiger partial charge in [-0.15, -0.1) is 0 Å². The van der Waals surface area contributed by atoms with Crippen LogP contribution in [0.4, 0.5) is 22.0 Å². The van der Waals surface area contributed by atoms with E-state index in [1.54, 1.807) is 0 Å². The van der Waals surface area contributed by atoms with Crippen molar-refractivity contribution >= 4 is 23.2 Å². The number of aromatic hydroxyl groups is 1. The van der Waals surface area contributed by atoms with Crippen molar-refractivity contribution in [2.24, 2.45) is 0 Å². The van der Waals surface area contributed by atoms with Crippen LogP contribution in [0, 0.1) is 11.6 Å². The number of phenols is 1. The molecule has 0 unspecified atom stereocenters. The van der Waals surface area contributed by atoms with Gasteiger partial charge in [-0.05, 0) is 24.3 Å². The number of hydrogen-bond acceptors (Lipinski definition) is 3. The maximum absolute atomic E-state index is 15.0. The van der Waals surface area contributed by atoms with Crippen molar-refractivity contribution in [3.05, 3.63) is 57.5 Å². The van der Waals surface area contributed by atoms with Gasteiger partial charge in [-0.1, -0.05) is 23.2 Å². The van der Waals surface area contributed by atoms with Crippen LogP contribution in [0.3, 0.4) is 0 Å². The van der Waals surface area contributed by atoms with Gasteiger partial charge in [0.05, 0.1) is 27.8 Å². The zero-order valence-corrected chi connectivity index (χ0v) is 16.4. The molecule has 0 radical (unpaired) electrons. The quantitative estimate of drug-likeness (QED) is 0.484. The lowest BCUT2D eigenvalue weighted by Gasteiger charge is -2.19. The number of nitrogens with one attached hydrogen (secondary N) is 1. The number of phenolic OH excluding ortho intramolecular Hbond substituents is 1. The summed E-state index contributed by atoms with van der Waals surface area (Å²) in [5.41, 5.74) is -2.75. The molecule has 2 N–H and O–H groups in total. The number of alkyl halides is 3. The molecule has 1 aliphatic rings. The van der Waals surface area contributed by atoms with Crippen LogP contribution in [-0.4, -0.2) is 21.2 Å². The van der Waals surface area contributed by atoms with Crippen LogP contribution >= 0.6 is 23.2 Å². The Morgan fingerprint density at radius 2 is 1.77 bits per heavy atom. The van der Waals surface area contributed by atoms with E-state index in [1.165, 1.54) is 4.57 Å². The van der Waals surface area contributed by atoms with Gasteiger partial charge in [0.2, 0.25) is 0 Å². The normalized spacial score (nSPS) is 14.1. The number of imidazole rings is 1. The summed E-state index contributed by atoms with van der Waals surface area (Å²) < 4.78 is 71.4. The molecular weight excluding hydrogens is 452 g/mol. The molecule has 0 spiro atoms. The van der Waals surface area contributed by atoms with Crippen LogP contribution in [0.5, 0.6) is 5.75 Å². The van der Waals surface area contributed by atoms with Gasteiger partial charge in [0.15, 0.2) is 5.69 Å². The highest BCUT2D eigenvalue weighted by Gasteiger charge is 2.40. The van der Waals surface area contributed by atoms with E-state index >= 15 is 4.39 Å². The van der Waals surface area contributed by atoms with Gasteiger partial charge in [-0.2, -0.15) is 13.2 Å². The first-order chi connectivity index (χ1) is 14.1. The van der Waals surface area contributed by atoms with E-state index in [4.69, 9.17) is 23.2 Å². The summed E-state index contributed by atoms with van der Waals surface area (Å²) in [5, 5.41) is 12.4. The zero-order chi connectivity index (χ0) is 21.8. The summed E-state index contributed by atoms with van der Waals surface area (Å²) in [6.45, 7) is 0.723. The maximum atomic E-state index is 15.0. The van der Waals surface area contributed by atoms with E-state index < -0.39 is 40.4 Å². The van der Waals surface area contributed by atoms with Crippen molar-refractivity contribution in [1.82, 2.24) is 14.9 Å². The van der Waals surface area contributed by atoms with E-state index in [1.807, 2.05) is 0 Å². The lowest BCUT2D eigenvalue weighted by molar-refractivity contribution is -0.140. The fourth-order valence-corrected chi connectivity index (χ4v) is 3.94. The molecule has 11 heteroatoms. The summed E-state index contributed by atoms with van der Waals surface area (Å²) in [6.07, 6.45) is -4.78. The van der Waals surface area contributed by atoms with Gasteiger partial charge in [-0.3, -0.25) is 0 Å². The van der Waals surface area contributed by atoms with Gasteiger partial charge >= 0.3 is 6.18 Å². The standard InChI is InChI=1S/C19H12Cl2F5N3O/c20-9-1-2-11(22)15(17(9)30)14-10(21)5-8(6-12(14)23)16-18(19(24,25)26)28-13-7-27-3-4-29(13)16/h1-2,5-6,27,30H,3-4,7H2. The van der Waals surface area contributed by atoms with Crippen LogP contribution in [0.25, 0.3) is 22.4 Å². The molecule has 30 heavy (non-hydrogen) atoms. The topological polar surface area (TPSA) is 50.1 Å². The summed E-state index contributed by atoms with van der Waals surface area (Å²) in [4.78, 5) is 3.67. The van der Waals surface area contributed by atoms with Crippen molar-refractivity contribution in [2.45, 2.75) is 19.3 Å². The molecule has 0 bridgehead atoms. The Kier molecular flexibility index (Phi) is 5.16. The Bertz CT molecular complexity index is 1140. The van der Waals surface area contributed by atoms with Gasteiger partial charge in [0, 0.05) is 24.2 Å². The SMILES string of the molecule is Oc1c(Cl)ccc(F)c1-c1c(F)cc(-c2c(C(F)(F)F)nc3n2CCNC3)cc1Cl. The second kappa shape index (κ2) is 7.40. The highest BCUT2D eigenvalue weighted by molar-refractivity contribution is 6.35. The third-order valence-electron chi connectivity index (χ3n) is 4.75. The molecule has 4 nitrogen and oxygen atoms in total. The van der Waals surface area contributed by atoms with Crippen LogP contribution in [0.1, 0.15) is 11.5 Å². The minimum atomic E-state index is -4.78. The predicted molar refractivity (Wildman–Crippen MR) is 101 cm³/mol. The van der Waals surface area contributed by atoms with Gasteiger partial charge in [-0.25, -0.2) is 13.8 Å². The molecule has 0 aliphatic carbocycles. The summed E-state index contributed by atoms with van der Waals surface area (Å²) in [5.74, 6) is -2.68. The van der Waals surface area contributed by atoms with Crippen molar-refractivity contribution < 1.29 is 27.1 Å². The molecule has 2 heterocycles. The van der Waals surface area contributed by atoms with Crippen molar-refractivity contribution in [3.8, 4) is 28.1 Å². The lowest BCUT2D eigenvalue weighted by atomic mass is 9.99. The molecule has 0 saturated heterocycles. The number of fused-ring (bicyclic) bond motifs is 1. The summed E-state index contributed by atoms with van der Waals surface area (Å²) in [6, 6.07) is 3.89. The molecule has 0 amide bonds. The maximum Gasteiger partial charge on any atom is 0.435 e. The molecule has 4 rings (SSSR count). The Morgan fingerprint density at radius 1 is 1.03 bits per heavy atom. The fourth-order valence-electron chi connectivity index (χ4n) is 3.48. The first-order valence-corrected chi connectivity index (χ1v) is 9.39. The molecule has 0 saturated carbocycles. The molecule has 1 aromatic heterocycles. The summed E-state index contributed by atoms with van der Waals surface area (Å²) in [7, 11) is 0. The van der Waals surface area contributed by atoms with E-state index in [0.717, 1.165) is 24.3 Å². The largest absolute Gasteiger partial charge is 0.506 e. The molecule has 1 aliphatic heterocycles. The van der Waals surface area contributed by atoms with E-state index in [-0.39, 0.29) is 40.2 Å². The zero-order valence-electron chi connectivity index (χ0n) is 14.9. The lowest BCUT2D eigenvalue weighted by Crippen LogP contribution is -2.28. The average Bonchev–Trinajstić information content (AvgIpc) is 3.07. The monoisotopic (exact) mass is 463 g/mol. The van der Waals surface area contributed by atoms with E-state index in [9.17, 15) is 22.7 Å². The minimum absolute atomic E-state index is 0.124. The molecule has 2 aromatic carbocycles. The van der Waals surface area contributed by atoms with Gasteiger partial charge < -0.3 is 15.0 Å². The predicted octanol–water partition coefficient (Wildman–Crippen LogP) is 5.63. The highest BCUT2D eigenvalue weighted by Crippen LogP contribution is 2.45. The highest BCUT2D eigenvalue weighted by atomic mass is 35.5. The van der Waals surface area contributed by atoms with Crippen LogP contribution in [-0.2, 0) is 19.3 Å². The fraction of sp³-hybridized carbons (Fsp3) is 0.211.